The molecule has 2 aromatic heterocycles. The van der Waals surface area contributed by atoms with Crippen LogP contribution in [-0.2, 0) is 14.8 Å². The molecule has 4 rings (SSSR count). The van der Waals surface area contributed by atoms with Crippen molar-refractivity contribution in [2.75, 3.05) is 38.6 Å². The highest BCUT2D eigenvalue weighted by atomic mass is 35.5. The molecule has 0 unspecified atom stereocenters. The molecule has 1 aliphatic rings. The Morgan fingerprint density at radius 1 is 1.25 bits per heavy atom. The first-order valence-electron chi connectivity index (χ1n) is 11.5. The minimum absolute atomic E-state index is 0.0314. The van der Waals surface area contributed by atoms with E-state index in [1.807, 2.05) is 6.92 Å². The normalized spacial score (nSPS) is 15.2. The molecular formula is C23H29ClN6O5S. The third-order valence-corrected chi connectivity index (χ3v) is 8.13. The summed E-state index contributed by atoms with van der Waals surface area (Å²) in [5.74, 6) is 0.0994. The number of carbonyl (C=O) groups is 1. The molecule has 194 valence electrons. The smallest absolute Gasteiger partial charge is 0.246 e. The fourth-order valence-electron chi connectivity index (χ4n) is 4.24. The highest BCUT2D eigenvalue weighted by Crippen LogP contribution is 2.35. The Bertz CT molecular complexity index is 1390. The molecule has 36 heavy (non-hydrogen) atoms. The molecule has 1 aliphatic heterocycles. The number of hydrogen-bond acceptors (Lipinski definition) is 8. The number of nitrogens with one attached hydrogen (secondary N) is 2. The summed E-state index contributed by atoms with van der Waals surface area (Å²) in [5.41, 5.74) is 2.94. The van der Waals surface area contributed by atoms with Gasteiger partial charge in [-0.3, -0.25) is 4.79 Å². The van der Waals surface area contributed by atoms with Gasteiger partial charge in [-0.1, -0.05) is 11.6 Å². The Morgan fingerprint density at radius 2 is 1.97 bits per heavy atom. The number of rotatable bonds is 8. The van der Waals surface area contributed by atoms with Gasteiger partial charge in [0, 0.05) is 44.7 Å². The van der Waals surface area contributed by atoms with Gasteiger partial charge < -0.3 is 20.5 Å². The van der Waals surface area contributed by atoms with Crippen LogP contribution in [0, 0.1) is 6.92 Å². The van der Waals surface area contributed by atoms with Crippen molar-refractivity contribution < 1.29 is 23.1 Å². The second kappa shape index (κ2) is 10.6. The number of aryl methyl sites for hydroxylation is 1. The molecule has 0 atom stereocenters. The van der Waals surface area contributed by atoms with Gasteiger partial charge in [-0.25, -0.2) is 17.9 Å². The molecule has 0 bridgehead atoms. The molecule has 11 nitrogen and oxygen atoms in total. The quantitative estimate of drug-likeness (QED) is 0.372. The lowest BCUT2D eigenvalue weighted by atomic mass is 10.1. The minimum atomic E-state index is -3.87. The van der Waals surface area contributed by atoms with Crippen LogP contribution < -0.4 is 15.4 Å². The summed E-state index contributed by atoms with van der Waals surface area (Å²) in [7, 11) is -2.45. The van der Waals surface area contributed by atoms with Crippen molar-refractivity contribution >= 4 is 38.9 Å². The third kappa shape index (κ3) is 5.26. The molecule has 0 saturated carbocycles. The van der Waals surface area contributed by atoms with E-state index in [-0.39, 0.29) is 34.8 Å². The number of sulfonamides is 1. The van der Waals surface area contributed by atoms with E-state index in [4.69, 9.17) is 16.3 Å². The number of nitrogens with zero attached hydrogens (tertiary/aromatic N) is 4. The van der Waals surface area contributed by atoms with Crippen molar-refractivity contribution in [3.8, 4) is 17.0 Å². The van der Waals surface area contributed by atoms with E-state index < -0.39 is 16.1 Å². The molecule has 1 amide bonds. The molecule has 3 heterocycles. The van der Waals surface area contributed by atoms with E-state index in [1.165, 1.54) is 18.3 Å². The number of benzene rings is 1. The molecule has 1 saturated heterocycles. The number of aliphatic hydroxyl groups excluding tert-OH is 1. The number of methoxy groups -OCH3 is 1. The highest BCUT2D eigenvalue weighted by molar-refractivity contribution is 7.89. The van der Waals surface area contributed by atoms with Gasteiger partial charge in [-0.05, 0) is 38.0 Å². The lowest BCUT2D eigenvalue weighted by Gasteiger charge is -2.29. The number of hydrogen-bond donors (Lipinski definition) is 3. The maximum Gasteiger partial charge on any atom is 0.246 e. The molecule has 1 fully saturated rings. The summed E-state index contributed by atoms with van der Waals surface area (Å²) in [5, 5.41) is 20.4. The summed E-state index contributed by atoms with van der Waals surface area (Å²) < 4.78 is 35.4. The number of ether oxygens (including phenoxy) is 1. The number of piperidine rings is 1. The minimum Gasteiger partial charge on any atom is -0.495 e. The van der Waals surface area contributed by atoms with Crippen LogP contribution in [0.15, 0.2) is 29.2 Å². The number of halogens is 1. The zero-order valence-corrected chi connectivity index (χ0v) is 21.9. The van der Waals surface area contributed by atoms with E-state index in [0.717, 1.165) is 0 Å². The zero-order chi connectivity index (χ0) is 26.0. The number of fused-ring (bicyclic) bond motifs is 1. The molecule has 13 heteroatoms. The Kier molecular flexibility index (Phi) is 7.69. The van der Waals surface area contributed by atoms with Crippen molar-refractivity contribution in [1.82, 2.24) is 24.2 Å². The van der Waals surface area contributed by atoms with Crippen LogP contribution in [0.5, 0.6) is 5.75 Å². The maximum atomic E-state index is 13.5. The van der Waals surface area contributed by atoms with Gasteiger partial charge in [0.1, 0.15) is 10.6 Å². The number of aliphatic hydroxyl groups is 1. The van der Waals surface area contributed by atoms with E-state index in [1.54, 1.807) is 28.8 Å². The maximum absolute atomic E-state index is 13.5. The van der Waals surface area contributed by atoms with Crippen LogP contribution in [0.3, 0.4) is 0 Å². The van der Waals surface area contributed by atoms with Gasteiger partial charge in [0.25, 0.3) is 0 Å². The molecule has 0 radical (unpaired) electrons. The number of anilines is 1. The van der Waals surface area contributed by atoms with E-state index in [0.29, 0.717) is 54.2 Å². The standard InChI is InChI=1S/C23H29ClN6O5S/c1-14-22(30-23(27-14)18(13-21(24)28-30)26-9-8-25-15(2)31)16-4-5-19(35-3)20(12-16)36(33,34)29-10-6-17(32)7-11-29/h4-5,12-13,17,26,32H,6-11H2,1-3H3,(H,25,31). The zero-order valence-electron chi connectivity index (χ0n) is 20.3. The van der Waals surface area contributed by atoms with Crippen molar-refractivity contribution in [1.29, 1.82) is 0 Å². The summed E-state index contributed by atoms with van der Waals surface area (Å²) >= 11 is 6.31. The number of imidazole rings is 1. The lowest BCUT2D eigenvalue weighted by Crippen LogP contribution is -2.40. The fourth-order valence-corrected chi connectivity index (χ4v) is 6.08. The van der Waals surface area contributed by atoms with Gasteiger partial charge >= 0.3 is 0 Å². The predicted molar refractivity (Wildman–Crippen MR) is 136 cm³/mol. The third-order valence-electron chi connectivity index (χ3n) is 6.02. The number of amides is 1. The lowest BCUT2D eigenvalue weighted by molar-refractivity contribution is -0.118. The van der Waals surface area contributed by atoms with Crippen LogP contribution in [0.25, 0.3) is 16.9 Å². The van der Waals surface area contributed by atoms with Gasteiger partial charge in [0.15, 0.2) is 10.8 Å². The molecule has 1 aromatic carbocycles. The van der Waals surface area contributed by atoms with Gasteiger partial charge in [-0.15, -0.1) is 0 Å². The first-order valence-corrected chi connectivity index (χ1v) is 13.3. The number of aromatic nitrogens is 3. The topological polar surface area (TPSA) is 138 Å². The van der Waals surface area contributed by atoms with Crippen molar-refractivity contribution in [3.63, 3.8) is 0 Å². The van der Waals surface area contributed by atoms with Crippen LogP contribution >= 0.6 is 11.6 Å². The van der Waals surface area contributed by atoms with Gasteiger partial charge in [0.05, 0.1) is 30.3 Å². The first-order chi connectivity index (χ1) is 17.1. The average Bonchev–Trinajstić information content (AvgIpc) is 3.17. The van der Waals surface area contributed by atoms with Crippen LogP contribution in [0.1, 0.15) is 25.5 Å². The second-order valence-corrected chi connectivity index (χ2v) is 10.9. The summed E-state index contributed by atoms with van der Waals surface area (Å²) in [6.45, 7) is 4.59. The van der Waals surface area contributed by atoms with E-state index in [2.05, 4.69) is 20.7 Å². The summed E-state index contributed by atoms with van der Waals surface area (Å²) in [4.78, 5) is 15.8. The summed E-state index contributed by atoms with van der Waals surface area (Å²) in [6, 6.07) is 6.56. The molecule has 3 aromatic rings. The molecular weight excluding hydrogens is 508 g/mol. The highest BCUT2D eigenvalue weighted by Gasteiger charge is 2.32. The Morgan fingerprint density at radius 3 is 2.64 bits per heavy atom. The molecule has 0 aliphatic carbocycles. The van der Waals surface area contributed by atoms with Crippen molar-refractivity contribution in [2.24, 2.45) is 0 Å². The fraction of sp³-hybridized carbons (Fsp3) is 0.435. The van der Waals surface area contributed by atoms with E-state index >= 15 is 0 Å². The van der Waals surface area contributed by atoms with Crippen LogP contribution in [0.2, 0.25) is 5.15 Å². The Labute approximate surface area is 214 Å². The molecule has 3 N–H and O–H groups in total. The van der Waals surface area contributed by atoms with Crippen molar-refractivity contribution in [3.05, 3.63) is 35.1 Å². The van der Waals surface area contributed by atoms with Crippen molar-refractivity contribution in [2.45, 2.75) is 37.7 Å². The Balaban J connectivity index is 1.75. The second-order valence-electron chi connectivity index (χ2n) is 8.57. The van der Waals surface area contributed by atoms with Gasteiger partial charge in [0.2, 0.25) is 15.9 Å². The first kappa shape index (κ1) is 26.1. The van der Waals surface area contributed by atoms with Crippen LogP contribution in [-0.4, -0.2) is 77.7 Å². The summed E-state index contributed by atoms with van der Waals surface area (Å²) in [6.07, 6.45) is 0.268. The predicted octanol–water partition coefficient (Wildman–Crippen LogP) is 2.06. The molecule has 0 spiro atoms. The monoisotopic (exact) mass is 536 g/mol. The number of carbonyl (C=O) groups excluding carboxylic acids is 1. The average molecular weight is 537 g/mol. The SMILES string of the molecule is COc1ccc(-c2c(C)nc3c(NCCNC(C)=O)cc(Cl)nn23)cc1S(=O)(=O)N1CCC(O)CC1. The Hall–Kier alpha value is -2.93. The van der Waals surface area contributed by atoms with E-state index in [9.17, 15) is 18.3 Å². The van der Waals surface area contributed by atoms with Crippen LogP contribution in [0.4, 0.5) is 5.69 Å². The largest absolute Gasteiger partial charge is 0.495 e. The van der Waals surface area contributed by atoms with Gasteiger partial charge in [-0.2, -0.15) is 9.40 Å².